The molecule has 0 amide bonds. The van der Waals surface area contributed by atoms with Crippen LogP contribution in [0, 0.1) is 5.82 Å². The van der Waals surface area contributed by atoms with E-state index in [0.29, 0.717) is 17.7 Å². The molecule has 0 aliphatic heterocycles. The smallest absolute Gasteiger partial charge is 0.416 e. The first-order valence-electron chi connectivity index (χ1n) is 10.6. The fourth-order valence-corrected chi connectivity index (χ4v) is 3.57. The van der Waals surface area contributed by atoms with Crippen molar-refractivity contribution >= 4 is 0 Å². The second-order valence-corrected chi connectivity index (χ2v) is 7.81. The van der Waals surface area contributed by atoms with Gasteiger partial charge in [-0.1, -0.05) is 67.4 Å². The van der Waals surface area contributed by atoms with E-state index in [1.165, 1.54) is 42.0 Å². The first-order chi connectivity index (χ1) is 15.3. The number of unbranched alkanes of at least 4 members (excludes halogenated alkanes) is 1. The lowest BCUT2D eigenvalue weighted by Crippen LogP contribution is -2.22. The molecule has 0 aromatic heterocycles. The van der Waals surface area contributed by atoms with Crippen LogP contribution in [0.15, 0.2) is 78.9 Å². The number of rotatable bonds is 10. The van der Waals surface area contributed by atoms with Gasteiger partial charge in [0.15, 0.2) is 0 Å². The fraction of sp³-hybridized carbons (Fsp3) is 0.308. The van der Waals surface area contributed by atoms with Gasteiger partial charge in [-0.25, -0.2) is 4.39 Å². The van der Waals surface area contributed by atoms with Crippen LogP contribution in [0.1, 0.15) is 41.2 Å². The zero-order chi connectivity index (χ0) is 23.0. The molecule has 170 valence electrons. The number of halogens is 4. The van der Waals surface area contributed by atoms with Gasteiger partial charge < -0.3 is 10.4 Å². The van der Waals surface area contributed by atoms with Gasteiger partial charge in [0.05, 0.1) is 11.7 Å². The Bertz CT molecular complexity index is 940. The van der Waals surface area contributed by atoms with Gasteiger partial charge in [-0.15, -0.1) is 12.6 Å². The molecule has 0 fully saturated rings. The summed E-state index contributed by atoms with van der Waals surface area (Å²) in [6.45, 7) is 0.524. The average Bonchev–Trinajstić information content (AvgIpc) is 2.78. The molecule has 3 aromatic carbocycles. The molecule has 0 aliphatic carbocycles. The normalized spacial score (nSPS) is 13.7. The highest BCUT2D eigenvalue weighted by atomic mass is 19.4. The predicted molar refractivity (Wildman–Crippen MR) is 118 cm³/mol. The monoisotopic (exact) mass is 444 g/mol. The Morgan fingerprint density at radius 3 is 2.06 bits per heavy atom. The summed E-state index contributed by atoms with van der Waals surface area (Å²) in [5.41, 5.74) is 1.71. The highest BCUT2D eigenvalue weighted by Gasteiger charge is 2.30. The Hall–Kier alpha value is -2.70. The molecule has 0 spiro atoms. The van der Waals surface area contributed by atoms with Gasteiger partial charge in [0, 0.05) is 0 Å². The van der Waals surface area contributed by atoms with Crippen LogP contribution in [-0.2, 0) is 19.0 Å². The molecule has 3 rings (SSSR count). The maximum Gasteiger partial charge on any atom is 0.416 e. The molecular formula is C26H26F4NO-. The van der Waals surface area contributed by atoms with Crippen molar-refractivity contribution in [1.29, 1.82) is 0 Å². The number of hydrogen-bond donors (Lipinski definition) is 1. The second kappa shape index (κ2) is 11.2. The van der Waals surface area contributed by atoms with Gasteiger partial charge in [0.25, 0.3) is 0 Å². The molecule has 0 radical (unpaired) electrons. The third kappa shape index (κ3) is 7.18. The maximum atomic E-state index is 13.3. The Labute approximate surface area is 185 Å². The van der Waals surface area contributed by atoms with Crippen LogP contribution in [-0.4, -0.2) is 17.7 Å². The highest BCUT2D eigenvalue weighted by Crippen LogP contribution is 2.31. The van der Waals surface area contributed by atoms with E-state index in [1.807, 2.05) is 18.2 Å². The fourth-order valence-electron chi connectivity index (χ4n) is 3.57. The first-order valence-corrected chi connectivity index (χ1v) is 10.6. The third-order valence-corrected chi connectivity index (χ3v) is 5.38. The van der Waals surface area contributed by atoms with E-state index in [0.717, 1.165) is 31.4 Å². The molecule has 2 unspecified atom stereocenters. The first kappa shape index (κ1) is 24.0. The van der Waals surface area contributed by atoms with Gasteiger partial charge in [0.2, 0.25) is 0 Å². The van der Waals surface area contributed by atoms with E-state index in [2.05, 4.69) is 17.4 Å². The minimum Gasteiger partial charge on any atom is -0.657 e. The molecule has 0 saturated carbocycles. The van der Waals surface area contributed by atoms with Crippen molar-refractivity contribution in [2.24, 2.45) is 0 Å². The molecule has 2 nitrogen and oxygen atoms in total. The summed E-state index contributed by atoms with van der Waals surface area (Å²) < 4.78 is 51.8. The zero-order valence-corrected chi connectivity index (χ0v) is 17.6. The Morgan fingerprint density at radius 1 is 0.781 bits per heavy atom. The van der Waals surface area contributed by atoms with Gasteiger partial charge in [-0.05, 0) is 53.8 Å². The minimum atomic E-state index is -4.39. The number of alkyl halides is 3. The van der Waals surface area contributed by atoms with Gasteiger partial charge in [0.1, 0.15) is 5.82 Å². The third-order valence-electron chi connectivity index (χ3n) is 5.38. The molecule has 0 bridgehead atoms. The van der Waals surface area contributed by atoms with Crippen LogP contribution in [0.4, 0.5) is 17.6 Å². The van der Waals surface area contributed by atoms with E-state index in [1.54, 1.807) is 0 Å². The Balaban J connectivity index is 1.63. The van der Waals surface area contributed by atoms with Crippen molar-refractivity contribution in [2.75, 3.05) is 6.54 Å². The van der Waals surface area contributed by atoms with Crippen LogP contribution in [0.5, 0.6) is 0 Å². The number of nitrogens with zero attached hydrogens (tertiary/aromatic N) is 1. The standard InChI is InChI=1S/C26H26F4NO/c27-23-15-11-21(12-16-23)25(32)24(18-20-9-13-22(14-10-20)26(28,29)30)31-17-5-4-8-19-6-2-1-3-7-19/h1-3,6-7,9-16,24-25,32H,4-5,8,17-18H2/q-1. The predicted octanol–water partition coefficient (Wildman–Crippen LogP) is 6.89. The number of aliphatic hydroxyl groups is 1. The van der Waals surface area contributed by atoms with E-state index in [4.69, 9.17) is 0 Å². The number of aliphatic hydroxyl groups excluding tert-OH is 1. The summed E-state index contributed by atoms with van der Waals surface area (Å²) in [7, 11) is 0. The SMILES string of the molecule is OC(c1ccc(F)cc1)C(Cc1ccc(C(F)(F)F)cc1)[N-]CCCCc1ccccc1. The van der Waals surface area contributed by atoms with Gasteiger partial charge in [-0.3, -0.25) is 0 Å². The van der Waals surface area contributed by atoms with Crippen molar-refractivity contribution < 1.29 is 22.7 Å². The lowest BCUT2D eigenvalue weighted by atomic mass is 9.95. The molecule has 1 N–H and O–H groups in total. The van der Waals surface area contributed by atoms with Crippen LogP contribution < -0.4 is 0 Å². The Kier molecular flexibility index (Phi) is 8.42. The summed E-state index contributed by atoms with van der Waals surface area (Å²) in [6.07, 6.45) is -2.39. The minimum absolute atomic E-state index is 0.287. The van der Waals surface area contributed by atoms with Gasteiger partial charge >= 0.3 is 6.18 Å². The summed E-state index contributed by atoms with van der Waals surface area (Å²) >= 11 is 0. The van der Waals surface area contributed by atoms with Crippen molar-refractivity contribution in [3.05, 3.63) is 112 Å². The highest BCUT2D eigenvalue weighted by molar-refractivity contribution is 5.28. The van der Waals surface area contributed by atoms with Gasteiger partial charge in [-0.2, -0.15) is 13.2 Å². The van der Waals surface area contributed by atoms with Crippen LogP contribution in [0.25, 0.3) is 5.32 Å². The summed E-state index contributed by atoms with van der Waals surface area (Å²) in [5.74, 6) is -0.405. The van der Waals surface area contributed by atoms with Crippen LogP contribution >= 0.6 is 0 Å². The van der Waals surface area contributed by atoms with Crippen LogP contribution in [0.3, 0.4) is 0 Å². The molecule has 2 atom stereocenters. The molecule has 3 aromatic rings. The zero-order valence-electron chi connectivity index (χ0n) is 17.6. The molecule has 0 heterocycles. The van der Waals surface area contributed by atoms with Crippen molar-refractivity contribution in [1.82, 2.24) is 0 Å². The van der Waals surface area contributed by atoms with Crippen molar-refractivity contribution in [3.63, 3.8) is 0 Å². The quantitative estimate of drug-likeness (QED) is 0.268. The summed E-state index contributed by atoms with van der Waals surface area (Å²) in [6, 6.07) is 20.0. The number of aryl methyl sites for hydroxylation is 1. The average molecular weight is 444 g/mol. The van der Waals surface area contributed by atoms with Crippen molar-refractivity contribution in [3.8, 4) is 0 Å². The number of benzene rings is 3. The Morgan fingerprint density at radius 2 is 1.44 bits per heavy atom. The molecule has 6 heteroatoms. The lowest BCUT2D eigenvalue weighted by molar-refractivity contribution is -0.137. The van der Waals surface area contributed by atoms with E-state index >= 15 is 0 Å². The molecule has 0 saturated heterocycles. The van der Waals surface area contributed by atoms with Crippen LogP contribution in [0.2, 0.25) is 0 Å². The molecule has 0 aliphatic rings. The summed E-state index contributed by atoms with van der Waals surface area (Å²) in [5, 5.41) is 15.5. The summed E-state index contributed by atoms with van der Waals surface area (Å²) in [4.78, 5) is 0. The maximum absolute atomic E-state index is 13.3. The number of hydrogen-bond acceptors (Lipinski definition) is 1. The lowest BCUT2D eigenvalue weighted by Gasteiger charge is -2.36. The van der Waals surface area contributed by atoms with Crippen molar-refractivity contribution in [2.45, 2.75) is 44.0 Å². The largest absolute Gasteiger partial charge is 0.657 e. The molecular weight excluding hydrogens is 418 g/mol. The van der Waals surface area contributed by atoms with E-state index in [9.17, 15) is 22.7 Å². The molecule has 32 heavy (non-hydrogen) atoms. The topological polar surface area (TPSA) is 34.3 Å². The van der Waals surface area contributed by atoms with E-state index in [-0.39, 0.29) is 6.42 Å². The van der Waals surface area contributed by atoms with E-state index < -0.39 is 29.7 Å². The second-order valence-electron chi connectivity index (χ2n) is 7.81.